The molecule has 9 nitrogen and oxygen atoms in total. The van der Waals surface area contributed by atoms with Gasteiger partial charge in [0.1, 0.15) is 23.5 Å². The van der Waals surface area contributed by atoms with E-state index < -0.39 is 32.0 Å². The van der Waals surface area contributed by atoms with Crippen molar-refractivity contribution in [2.24, 2.45) is 5.92 Å². The Kier molecular flexibility index (Phi) is 8.06. The average Bonchev–Trinajstić information content (AvgIpc) is 3.30. The monoisotopic (exact) mass is 531 g/mol. The number of aromatic nitrogens is 1. The molecule has 36 heavy (non-hydrogen) atoms. The minimum Gasteiger partial charge on any atom is -0.496 e. The molecule has 11 heteroatoms. The third-order valence-corrected chi connectivity index (χ3v) is 8.00. The van der Waals surface area contributed by atoms with E-state index in [1.165, 1.54) is 7.11 Å². The zero-order valence-electron chi connectivity index (χ0n) is 21.5. The molecule has 1 aromatic heterocycles. The van der Waals surface area contributed by atoms with Crippen molar-refractivity contribution in [1.82, 2.24) is 20.9 Å². The number of ether oxygens (including phenoxy) is 1. The number of hydrogen-bond donors (Lipinski definition) is 4. The third kappa shape index (κ3) is 6.80. The fourth-order valence-electron chi connectivity index (χ4n) is 4.61. The van der Waals surface area contributed by atoms with Gasteiger partial charge in [-0.1, -0.05) is 31.2 Å². The van der Waals surface area contributed by atoms with E-state index in [9.17, 15) is 19.6 Å². The van der Waals surface area contributed by atoms with E-state index in [-0.39, 0.29) is 29.5 Å². The maximum Gasteiger partial charge on any atom is 0.268 e. The summed E-state index contributed by atoms with van der Waals surface area (Å²) in [4.78, 5) is 41.7. The van der Waals surface area contributed by atoms with E-state index in [0.717, 1.165) is 0 Å². The number of halogens is 1. The van der Waals surface area contributed by atoms with Gasteiger partial charge in [-0.2, -0.15) is 5.26 Å². The van der Waals surface area contributed by atoms with Gasteiger partial charge in [-0.05, 0) is 50.9 Å². The number of aromatic amines is 1. The van der Waals surface area contributed by atoms with Crippen LogP contribution in [-0.4, -0.2) is 55.5 Å². The Hall–Kier alpha value is -3.03. The van der Waals surface area contributed by atoms with Crippen molar-refractivity contribution in [3.05, 3.63) is 28.9 Å². The number of benzene rings is 1. The lowest BCUT2D eigenvalue weighted by Crippen LogP contribution is -2.52. The molecule has 2 aromatic rings. The molecule has 3 atom stereocenters. The number of amides is 3. The van der Waals surface area contributed by atoms with Gasteiger partial charge in [0.05, 0.1) is 18.7 Å². The van der Waals surface area contributed by atoms with Gasteiger partial charge in [0.25, 0.3) is 5.91 Å². The van der Waals surface area contributed by atoms with Crippen LogP contribution in [0.1, 0.15) is 37.2 Å². The van der Waals surface area contributed by atoms with Crippen molar-refractivity contribution in [3.8, 4) is 11.8 Å². The number of H-pyrrole nitrogens is 1. The predicted octanol–water partition coefficient (Wildman–Crippen LogP) is 3.58. The van der Waals surface area contributed by atoms with Gasteiger partial charge in [-0.25, -0.2) is 0 Å². The molecule has 1 saturated heterocycles. The molecule has 194 valence electrons. The standard InChI is InChI=1S/C25H34ClN5O4Si/c1-25(2)11-14(22(32)31-25)7-16(12-27)28-24(34)20(13-36(4,5)6)30-23(33)19-10-17-18(29-19)8-15(26)9-21(17)35-3/h8-10,14,16,20,29H,7,11,13H2,1-6H3,(H,28,34)(H,30,33)(H,31,32). The Labute approximate surface area is 217 Å². The number of carbonyl (C=O) groups excluding carboxylic acids is 3. The lowest BCUT2D eigenvalue weighted by Gasteiger charge is -2.26. The molecule has 3 amide bonds. The second-order valence-electron chi connectivity index (χ2n) is 11.2. The second kappa shape index (κ2) is 10.5. The highest BCUT2D eigenvalue weighted by atomic mass is 35.5. The van der Waals surface area contributed by atoms with Crippen molar-refractivity contribution in [2.45, 2.75) is 70.0 Å². The van der Waals surface area contributed by atoms with Gasteiger partial charge in [0, 0.05) is 29.9 Å². The fraction of sp³-hybridized carbons (Fsp3) is 0.520. The maximum absolute atomic E-state index is 13.3. The van der Waals surface area contributed by atoms with E-state index in [0.29, 0.717) is 34.1 Å². The molecule has 1 aliphatic rings. The number of nitriles is 1. The first-order chi connectivity index (χ1) is 16.7. The number of nitrogens with zero attached hydrogens (tertiary/aromatic N) is 1. The normalized spacial score (nSPS) is 18.7. The van der Waals surface area contributed by atoms with Crippen molar-refractivity contribution in [2.75, 3.05) is 7.11 Å². The van der Waals surface area contributed by atoms with Gasteiger partial charge < -0.3 is 25.7 Å². The SMILES string of the molecule is COc1cc(Cl)cc2[nH]c(C(=O)NC(C[Si](C)(C)C)C(=O)NC(C#N)CC3CC(C)(C)NC3=O)cc12. The van der Waals surface area contributed by atoms with Crippen LogP contribution in [0.5, 0.6) is 5.75 Å². The van der Waals surface area contributed by atoms with E-state index in [1.54, 1.807) is 18.2 Å². The molecule has 4 N–H and O–H groups in total. The molecule has 0 spiro atoms. The summed E-state index contributed by atoms with van der Waals surface area (Å²) in [6.07, 6.45) is 0.802. The van der Waals surface area contributed by atoms with Crippen LogP contribution < -0.4 is 20.7 Å². The quantitative estimate of drug-likeness (QED) is 0.367. The van der Waals surface area contributed by atoms with Crippen LogP contribution in [0.25, 0.3) is 10.9 Å². The number of rotatable bonds is 9. The highest BCUT2D eigenvalue weighted by Crippen LogP contribution is 2.31. The van der Waals surface area contributed by atoms with Crippen LogP contribution in [0.3, 0.4) is 0 Å². The average molecular weight is 532 g/mol. The number of fused-ring (bicyclic) bond motifs is 1. The second-order valence-corrected chi connectivity index (χ2v) is 17.2. The molecular formula is C25H34ClN5O4Si. The highest BCUT2D eigenvalue weighted by Gasteiger charge is 2.39. The minimum atomic E-state index is -1.80. The molecule has 0 aliphatic carbocycles. The fourth-order valence-corrected chi connectivity index (χ4v) is 6.33. The van der Waals surface area contributed by atoms with Gasteiger partial charge >= 0.3 is 0 Å². The summed E-state index contributed by atoms with van der Waals surface area (Å²) in [6.45, 7) is 10.2. The molecule has 1 aromatic carbocycles. The first-order valence-corrected chi connectivity index (χ1v) is 16.0. The molecule has 0 radical (unpaired) electrons. The topological polar surface area (TPSA) is 136 Å². The van der Waals surface area contributed by atoms with E-state index in [1.807, 2.05) is 13.8 Å². The summed E-state index contributed by atoms with van der Waals surface area (Å²) >= 11 is 6.14. The van der Waals surface area contributed by atoms with E-state index in [4.69, 9.17) is 16.3 Å². The summed E-state index contributed by atoms with van der Waals surface area (Å²) in [6, 6.07) is 5.92. The van der Waals surface area contributed by atoms with Gasteiger partial charge in [-0.3, -0.25) is 14.4 Å². The van der Waals surface area contributed by atoms with E-state index >= 15 is 0 Å². The Morgan fingerprint density at radius 3 is 2.53 bits per heavy atom. The Morgan fingerprint density at radius 1 is 1.28 bits per heavy atom. The third-order valence-electron chi connectivity index (χ3n) is 6.15. The summed E-state index contributed by atoms with van der Waals surface area (Å²) in [5.74, 6) is -0.834. The zero-order chi connectivity index (χ0) is 26.8. The predicted molar refractivity (Wildman–Crippen MR) is 142 cm³/mol. The lowest BCUT2D eigenvalue weighted by atomic mass is 9.92. The number of carbonyl (C=O) groups is 3. The molecule has 2 heterocycles. The molecule has 1 fully saturated rings. The number of nitrogens with one attached hydrogen (secondary N) is 4. The van der Waals surface area contributed by atoms with Crippen LogP contribution in [0.2, 0.25) is 30.7 Å². The molecule has 1 aliphatic heterocycles. The summed E-state index contributed by atoms with van der Waals surface area (Å²) in [5, 5.41) is 19.3. The molecule has 3 unspecified atom stereocenters. The Morgan fingerprint density at radius 2 is 1.97 bits per heavy atom. The summed E-state index contributed by atoms with van der Waals surface area (Å²) in [5.41, 5.74) is 0.561. The van der Waals surface area contributed by atoms with Crippen LogP contribution in [-0.2, 0) is 9.59 Å². The smallest absolute Gasteiger partial charge is 0.268 e. The first-order valence-electron chi connectivity index (χ1n) is 11.9. The Bertz CT molecular complexity index is 1210. The summed E-state index contributed by atoms with van der Waals surface area (Å²) in [7, 11) is -0.280. The molecule has 3 rings (SSSR count). The maximum atomic E-state index is 13.3. The zero-order valence-corrected chi connectivity index (χ0v) is 23.3. The number of methoxy groups -OCH3 is 1. The molecule has 0 bridgehead atoms. The van der Waals surface area contributed by atoms with Crippen LogP contribution in [0, 0.1) is 17.2 Å². The van der Waals surface area contributed by atoms with Crippen molar-refractivity contribution >= 4 is 48.3 Å². The number of hydrogen-bond acceptors (Lipinski definition) is 5. The van der Waals surface area contributed by atoms with Gasteiger partial charge in [-0.15, -0.1) is 0 Å². The van der Waals surface area contributed by atoms with Crippen molar-refractivity contribution in [3.63, 3.8) is 0 Å². The first kappa shape index (κ1) is 27.6. The highest BCUT2D eigenvalue weighted by molar-refractivity contribution is 6.76. The minimum absolute atomic E-state index is 0.115. The summed E-state index contributed by atoms with van der Waals surface area (Å²) < 4.78 is 5.36. The molecule has 0 saturated carbocycles. The lowest BCUT2D eigenvalue weighted by molar-refractivity contribution is -0.125. The van der Waals surface area contributed by atoms with Crippen molar-refractivity contribution < 1.29 is 19.1 Å². The Balaban J connectivity index is 1.76. The van der Waals surface area contributed by atoms with Crippen LogP contribution in [0.4, 0.5) is 0 Å². The van der Waals surface area contributed by atoms with Crippen molar-refractivity contribution in [1.29, 1.82) is 5.26 Å². The van der Waals surface area contributed by atoms with Gasteiger partial charge in [0.15, 0.2) is 0 Å². The van der Waals surface area contributed by atoms with Crippen LogP contribution in [0.15, 0.2) is 18.2 Å². The van der Waals surface area contributed by atoms with Gasteiger partial charge in [0.2, 0.25) is 11.8 Å². The molecular weight excluding hydrogens is 498 g/mol. The van der Waals surface area contributed by atoms with E-state index in [2.05, 4.69) is 46.6 Å². The van der Waals surface area contributed by atoms with Crippen LogP contribution >= 0.6 is 11.6 Å². The largest absolute Gasteiger partial charge is 0.496 e.